The van der Waals surface area contributed by atoms with Gasteiger partial charge < -0.3 is 19.9 Å². The molecule has 3 amide bonds. The van der Waals surface area contributed by atoms with E-state index in [4.69, 9.17) is 4.74 Å². The van der Waals surface area contributed by atoms with Gasteiger partial charge in [-0.05, 0) is 43.3 Å². The van der Waals surface area contributed by atoms with Crippen LogP contribution in [0.1, 0.15) is 34.8 Å². The van der Waals surface area contributed by atoms with E-state index in [-0.39, 0.29) is 23.2 Å². The molecule has 2 aromatic rings. The van der Waals surface area contributed by atoms with Gasteiger partial charge >= 0.3 is 0 Å². The average Bonchev–Trinajstić information content (AvgIpc) is 2.75. The highest BCUT2D eigenvalue weighted by atomic mass is 16.5. The van der Waals surface area contributed by atoms with Crippen LogP contribution in [-0.2, 0) is 4.79 Å². The second-order valence-corrected chi connectivity index (χ2v) is 6.62. The molecule has 0 spiro atoms. The maximum Gasteiger partial charge on any atom is 0.274 e. The predicted octanol–water partition coefficient (Wildman–Crippen LogP) is 2.04. The largest absolute Gasteiger partial charge is 0.494 e. The number of anilines is 1. The second kappa shape index (κ2) is 9.18. The summed E-state index contributed by atoms with van der Waals surface area (Å²) in [4.78, 5) is 44.3. The smallest absolute Gasteiger partial charge is 0.274 e. The summed E-state index contributed by atoms with van der Waals surface area (Å²) in [5.74, 6) is 0.0819. The van der Waals surface area contributed by atoms with E-state index in [9.17, 15) is 14.4 Å². The van der Waals surface area contributed by atoms with Crippen LogP contribution in [0.3, 0.4) is 0 Å². The normalized spacial score (nSPS) is 13.7. The van der Waals surface area contributed by atoms with Crippen molar-refractivity contribution in [1.82, 2.24) is 14.8 Å². The molecule has 1 aliphatic rings. The molecule has 29 heavy (non-hydrogen) atoms. The summed E-state index contributed by atoms with van der Waals surface area (Å²) in [6, 6.07) is 11.8. The summed E-state index contributed by atoms with van der Waals surface area (Å²) < 4.78 is 5.38. The molecule has 0 radical (unpaired) electrons. The Labute approximate surface area is 169 Å². The number of pyridine rings is 1. The summed E-state index contributed by atoms with van der Waals surface area (Å²) in [5.41, 5.74) is 0.977. The molecule has 2 heterocycles. The van der Waals surface area contributed by atoms with Gasteiger partial charge in [-0.15, -0.1) is 0 Å². The lowest BCUT2D eigenvalue weighted by Crippen LogP contribution is -2.50. The highest BCUT2D eigenvalue weighted by molar-refractivity contribution is 6.03. The monoisotopic (exact) mass is 396 g/mol. The van der Waals surface area contributed by atoms with Gasteiger partial charge in [-0.1, -0.05) is 6.07 Å². The maximum absolute atomic E-state index is 12.7. The second-order valence-electron chi connectivity index (χ2n) is 6.62. The number of carbonyl (C=O) groups is 3. The molecule has 1 aliphatic heterocycles. The fourth-order valence-electron chi connectivity index (χ4n) is 3.06. The zero-order chi connectivity index (χ0) is 20.8. The molecule has 3 rings (SSSR count). The molecule has 152 valence electrons. The van der Waals surface area contributed by atoms with E-state index in [0.717, 1.165) is 5.75 Å². The third-order valence-corrected chi connectivity index (χ3v) is 4.64. The molecule has 8 nitrogen and oxygen atoms in total. The van der Waals surface area contributed by atoms with E-state index < -0.39 is 5.91 Å². The third-order valence-electron chi connectivity index (χ3n) is 4.64. The predicted molar refractivity (Wildman–Crippen MR) is 108 cm³/mol. The SMILES string of the molecule is CCOc1ccc(NC(=O)c2cccc(C(=O)N3CCN(C(C)=O)CC3)n2)cc1. The van der Waals surface area contributed by atoms with Crippen molar-refractivity contribution in [3.05, 3.63) is 53.9 Å². The molecule has 8 heteroatoms. The number of amides is 3. The van der Waals surface area contributed by atoms with Crippen LogP contribution >= 0.6 is 0 Å². The number of benzene rings is 1. The molecule has 1 aromatic carbocycles. The molecule has 0 atom stereocenters. The third kappa shape index (κ3) is 5.10. The van der Waals surface area contributed by atoms with Crippen molar-refractivity contribution in [3.63, 3.8) is 0 Å². The molecule has 1 saturated heterocycles. The van der Waals surface area contributed by atoms with Gasteiger partial charge in [-0.2, -0.15) is 0 Å². The summed E-state index contributed by atoms with van der Waals surface area (Å²) >= 11 is 0. The van der Waals surface area contributed by atoms with E-state index >= 15 is 0 Å². The molecular weight excluding hydrogens is 372 g/mol. The fraction of sp³-hybridized carbons (Fsp3) is 0.333. The molecule has 0 saturated carbocycles. The van der Waals surface area contributed by atoms with Crippen molar-refractivity contribution in [1.29, 1.82) is 0 Å². The number of hydrogen-bond acceptors (Lipinski definition) is 5. The number of nitrogens with zero attached hydrogens (tertiary/aromatic N) is 3. The quantitative estimate of drug-likeness (QED) is 0.835. The van der Waals surface area contributed by atoms with Gasteiger partial charge in [0.15, 0.2) is 0 Å². The first-order valence-corrected chi connectivity index (χ1v) is 9.54. The summed E-state index contributed by atoms with van der Waals surface area (Å²) in [6.45, 7) is 5.88. The van der Waals surface area contributed by atoms with Gasteiger partial charge in [0.05, 0.1) is 6.61 Å². The van der Waals surface area contributed by atoms with Crippen molar-refractivity contribution in [3.8, 4) is 5.75 Å². The van der Waals surface area contributed by atoms with Gasteiger partial charge in [-0.3, -0.25) is 14.4 Å². The van der Waals surface area contributed by atoms with Gasteiger partial charge in [0.25, 0.3) is 11.8 Å². The number of carbonyl (C=O) groups excluding carboxylic acids is 3. The Balaban J connectivity index is 1.64. The lowest BCUT2D eigenvalue weighted by atomic mass is 10.2. The minimum absolute atomic E-state index is 0.00295. The Morgan fingerprint density at radius 3 is 2.21 bits per heavy atom. The fourth-order valence-corrected chi connectivity index (χ4v) is 3.06. The van der Waals surface area contributed by atoms with Crippen molar-refractivity contribution in [2.45, 2.75) is 13.8 Å². The van der Waals surface area contributed by atoms with Crippen molar-refractivity contribution in [2.75, 3.05) is 38.1 Å². The first-order valence-electron chi connectivity index (χ1n) is 9.54. The number of piperazine rings is 1. The van der Waals surface area contributed by atoms with Crippen LogP contribution in [0.2, 0.25) is 0 Å². The van der Waals surface area contributed by atoms with Crippen molar-refractivity contribution < 1.29 is 19.1 Å². The van der Waals surface area contributed by atoms with Crippen molar-refractivity contribution in [2.24, 2.45) is 0 Å². The highest BCUT2D eigenvalue weighted by Gasteiger charge is 2.24. The summed E-state index contributed by atoms with van der Waals surface area (Å²) in [6.07, 6.45) is 0. The standard InChI is InChI=1S/C21H24N4O4/c1-3-29-17-9-7-16(8-10-17)22-20(27)18-5-4-6-19(23-18)21(28)25-13-11-24(12-14-25)15(2)26/h4-10H,3,11-14H2,1-2H3,(H,22,27). The Morgan fingerprint density at radius 1 is 0.966 bits per heavy atom. The number of rotatable bonds is 5. The van der Waals surface area contributed by atoms with Gasteiger partial charge in [0, 0.05) is 38.8 Å². The number of nitrogens with one attached hydrogen (secondary N) is 1. The minimum Gasteiger partial charge on any atom is -0.494 e. The molecule has 0 unspecified atom stereocenters. The van der Waals surface area contributed by atoms with Crippen LogP contribution in [0.15, 0.2) is 42.5 Å². The van der Waals surface area contributed by atoms with E-state index in [1.54, 1.807) is 52.3 Å². The maximum atomic E-state index is 12.7. The highest BCUT2D eigenvalue weighted by Crippen LogP contribution is 2.16. The zero-order valence-corrected chi connectivity index (χ0v) is 16.6. The Morgan fingerprint density at radius 2 is 1.59 bits per heavy atom. The lowest BCUT2D eigenvalue weighted by Gasteiger charge is -2.34. The Hall–Kier alpha value is -3.42. The van der Waals surface area contributed by atoms with Gasteiger partial charge in [-0.25, -0.2) is 4.98 Å². The van der Waals surface area contributed by atoms with Crippen LogP contribution in [-0.4, -0.2) is 65.3 Å². The first kappa shape index (κ1) is 20.3. The van der Waals surface area contributed by atoms with Crippen LogP contribution in [0.25, 0.3) is 0 Å². The molecule has 1 fully saturated rings. The minimum atomic E-state index is -0.398. The van der Waals surface area contributed by atoms with Crippen LogP contribution in [0.5, 0.6) is 5.75 Å². The first-order chi connectivity index (χ1) is 14.0. The summed E-state index contributed by atoms with van der Waals surface area (Å²) in [5, 5.41) is 2.77. The number of hydrogen-bond donors (Lipinski definition) is 1. The number of aromatic nitrogens is 1. The molecule has 0 bridgehead atoms. The average molecular weight is 396 g/mol. The molecule has 1 N–H and O–H groups in total. The van der Waals surface area contributed by atoms with E-state index in [1.807, 2.05) is 6.92 Å². The number of ether oxygens (including phenoxy) is 1. The van der Waals surface area contributed by atoms with Crippen molar-refractivity contribution >= 4 is 23.4 Å². The Bertz CT molecular complexity index is 890. The molecule has 1 aromatic heterocycles. The Kier molecular flexibility index (Phi) is 6.43. The van der Waals surface area contributed by atoms with E-state index in [2.05, 4.69) is 10.3 Å². The van der Waals surface area contributed by atoms with Crippen LogP contribution in [0.4, 0.5) is 5.69 Å². The lowest BCUT2D eigenvalue weighted by molar-refractivity contribution is -0.130. The zero-order valence-electron chi connectivity index (χ0n) is 16.6. The van der Waals surface area contributed by atoms with Gasteiger partial charge in [0.1, 0.15) is 17.1 Å². The topological polar surface area (TPSA) is 91.8 Å². The van der Waals surface area contributed by atoms with Gasteiger partial charge in [0.2, 0.25) is 5.91 Å². The molecular formula is C21H24N4O4. The van der Waals surface area contributed by atoms with Crippen LogP contribution < -0.4 is 10.1 Å². The van der Waals surface area contributed by atoms with E-state index in [1.165, 1.54) is 6.92 Å². The molecule has 0 aliphatic carbocycles. The van der Waals surface area contributed by atoms with E-state index in [0.29, 0.717) is 38.5 Å². The summed E-state index contributed by atoms with van der Waals surface area (Å²) in [7, 11) is 0. The van der Waals surface area contributed by atoms with Crippen LogP contribution in [0, 0.1) is 0 Å².